The third-order valence-electron chi connectivity index (χ3n) is 4.58. The quantitative estimate of drug-likeness (QED) is 0.508. The average molecular weight is 435 g/mol. The maximum atomic E-state index is 12.8. The van der Waals surface area contributed by atoms with Gasteiger partial charge in [-0.1, -0.05) is 22.0 Å². The second-order valence-corrected chi connectivity index (χ2v) is 7.09. The number of nitro groups is 1. The van der Waals surface area contributed by atoms with E-state index in [1.54, 1.807) is 20.3 Å². The molecule has 3 rings (SSSR count). The number of ether oxygens (including phenoxy) is 2. The Hall–Kier alpha value is -2.61. The number of nitrogens with zero attached hydrogens (tertiary/aromatic N) is 2. The molecule has 1 amide bonds. The van der Waals surface area contributed by atoms with Crippen molar-refractivity contribution in [1.29, 1.82) is 0 Å². The monoisotopic (exact) mass is 434 g/mol. The largest absolute Gasteiger partial charge is 0.493 e. The molecular weight excluding hydrogens is 416 g/mol. The zero-order chi connectivity index (χ0) is 19.6. The van der Waals surface area contributed by atoms with Gasteiger partial charge >= 0.3 is 0 Å². The number of benzene rings is 2. The summed E-state index contributed by atoms with van der Waals surface area (Å²) in [6, 6.07) is 8.80. The lowest BCUT2D eigenvalue weighted by atomic mass is 10.1. The second-order valence-electron chi connectivity index (χ2n) is 6.17. The van der Waals surface area contributed by atoms with Gasteiger partial charge in [-0.2, -0.15) is 0 Å². The molecule has 1 aliphatic heterocycles. The van der Waals surface area contributed by atoms with Crippen LogP contribution < -0.4 is 14.4 Å². The highest BCUT2D eigenvalue weighted by atomic mass is 79.9. The molecule has 0 atom stereocenters. The molecule has 0 bridgehead atoms. The molecule has 0 saturated heterocycles. The normalized spacial score (nSPS) is 12.6. The Morgan fingerprint density at radius 2 is 1.96 bits per heavy atom. The first-order valence-corrected chi connectivity index (χ1v) is 9.22. The molecule has 2 aromatic carbocycles. The molecule has 7 nitrogen and oxygen atoms in total. The van der Waals surface area contributed by atoms with Crippen molar-refractivity contribution in [2.45, 2.75) is 19.3 Å². The van der Waals surface area contributed by atoms with E-state index in [4.69, 9.17) is 9.47 Å². The lowest BCUT2D eigenvalue weighted by Crippen LogP contribution is -2.29. The van der Waals surface area contributed by atoms with Crippen LogP contribution in [-0.2, 0) is 17.6 Å². The molecule has 0 aliphatic carbocycles. The molecule has 0 radical (unpaired) electrons. The topological polar surface area (TPSA) is 81.9 Å². The highest BCUT2D eigenvalue weighted by molar-refractivity contribution is 9.10. The van der Waals surface area contributed by atoms with Crippen LogP contribution in [0.15, 0.2) is 34.8 Å². The van der Waals surface area contributed by atoms with Crippen LogP contribution >= 0.6 is 15.9 Å². The van der Waals surface area contributed by atoms with Crippen LogP contribution in [0, 0.1) is 10.1 Å². The molecule has 0 N–H and O–H groups in total. The number of fused-ring (bicyclic) bond motifs is 1. The molecule has 142 valence electrons. The summed E-state index contributed by atoms with van der Waals surface area (Å²) in [6.45, 7) is 0.456. The number of hydrogen-bond donors (Lipinski definition) is 0. The summed E-state index contributed by atoms with van der Waals surface area (Å²) in [5.41, 5.74) is 2.12. The van der Waals surface area contributed by atoms with Crippen molar-refractivity contribution in [2.24, 2.45) is 0 Å². The number of hydrogen-bond acceptors (Lipinski definition) is 5. The number of nitro benzene ring substituents is 1. The molecule has 2 aromatic rings. The van der Waals surface area contributed by atoms with Gasteiger partial charge in [-0.3, -0.25) is 14.9 Å². The SMILES string of the molecule is COc1ccc(CCC(=O)N2CCc3cc(Br)cc([N+](=O)[O-])c32)cc1OC. The van der Waals surface area contributed by atoms with Crippen molar-refractivity contribution in [1.82, 2.24) is 0 Å². The molecule has 8 heteroatoms. The van der Waals surface area contributed by atoms with Crippen LogP contribution in [-0.4, -0.2) is 31.6 Å². The van der Waals surface area contributed by atoms with Gasteiger partial charge in [0.25, 0.3) is 5.69 Å². The van der Waals surface area contributed by atoms with Crippen molar-refractivity contribution >= 4 is 33.2 Å². The number of aryl methyl sites for hydroxylation is 1. The van der Waals surface area contributed by atoms with E-state index in [0.717, 1.165) is 11.1 Å². The number of halogens is 1. The predicted molar refractivity (Wildman–Crippen MR) is 105 cm³/mol. The standard InChI is InChI=1S/C19H19BrN2O5/c1-26-16-5-3-12(9-17(16)27-2)4-6-18(23)21-8-7-13-10-14(20)11-15(19(13)21)22(24)25/h3,5,9-11H,4,6-8H2,1-2H3. The van der Waals surface area contributed by atoms with Gasteiger partial charge in [-0.05, 0) is 42.2 Å². The zero-order valence-corrected chi connectivity index (χ0v) is 16.6. The summed E-state index contributed by atoms with van der Waals surface area (Å²) in [5, 5.41) is 11.4. The highest BCUT2D eigenvalue weighted by Gasteiger charge is 2.32. The summed E-state index contributed by atoms with van der Waals surface area (Å²) < 4.78 is 11.1. The zero-order valence-electron chi connectivity index (χ0n) is 15.0. The van der Waals surface area contributed by atoms with Crippen LogP contribution in [0.2, 0.25) is 0 Å². The van der Waals surface area contributed by atoms with E-state index in [2.05, 4.69) is 15.9 Å². The highest BCUT2D eigenvalue weighted by Crippen LogP contribution is 2.40. The van der Waals surface area contributed by atoms with E-state index in [0.29, 0.717) is 41.0 Å². The predicted octanol–water partition coefficient (Wildman–Crippen LogP) is 3.90. The van der Waals surface area contributed by atoms with E-state index < -0.39 is 4.92 Å². The lowest BCUT2D eigenvalue weighted by molar-refractivity contribution is -0.384. The Kier molecular flexibility index (Phi) is 5.65. The Morgan fingerprint density at radius 3 is 2.63 bits per heavy atom. The number of rotatable bonds is 6. The first-order chi connectivity index (χ1) is 12.9. The first kappa shape index (κ1) is 19.2. The summed E-state index contributed by atoms with van der Waals surface area (Å²) in [5.74, 6) is 1.10. The summed E-state index contributed by atoms with van der Waals surface area (Å²) in [7, 11) is 3.13. The summed E-state index contributed by atoms with van der Waals surface area (Å²) in [6.07, 6.45) is 1.37. The third kappa shape index (κ3) is 3.90. The van der Waals surface area contributed by atoms with E-state index in [-0.39, 0.29) is 18.0 Å². The van der Waals surface area contributed by atoms with Gasteiger partial charge in [-0.25, -0.2) is 0 Å². The number of anilines is 1. The molecule has 1 aliphatic rings. The molecule has 0 unspecified atom stereocenters. The fraction of sp³-hybridized carbons (Fsp3) is 0.316. The average Bonchev–Trinajstić information content (AvgIpc) is 3.08. The van der Waals surface area contributed by atoms with Crippen molar-refractivity contribution in [3.8, 4) is 11.5 Å². The van der Waals surface area contributed by atoms with Crippen LogP contribution in [0.5, 0.6) is 11.5 Å². The van der Waals surface area contributed by atoms with Gasteiger partial charge in [0.2, 0.25) is 5.91 Å². The van der Waals surface area contributed by atoms with Crippen molar-refractivity contribution in [3.63, 3.8) is 0 Å². The number of amides is 1. The molecule has 27 heavy (non-hydrogen) atoms. The molecule has 0 saturated carbocycles. The van der Waals surface area contributed by atoms with E-state index >= 15 is 0 Å². The Bertz CT molecular complexity index is 900. The van der Waals surface area contributed by atoms with Crippen LogP contribution in [0.1, 0.15) is 17.5 Å². The fourth-order valence-corrected chi connectivity index (χ4v) is 3.79. The minimum atomic E-state index is -0.441. The Balaban J connectivity index is 1.77. The molecule has 1 heterocycles. The molecule has 0 aromatic heterocycles. The molecule has 0 spiro atoms. The van der Waals surface area contributed by atoms with E-state index in [9.17, 15) is 14.9 Å². The van der Waals surface area contributed by atoms with Gasteiger partial charge in [0.1, 0.15) is 5.69 Å². The third-order valence-corrected chi connectivity index (χ3v) is 5.04. The fourth-order valence-electron chi connectivity index (χ4n) is 3.30. The first-order valence-electron chi connectivity index (χ1n) is 8.42. The van der Waals surface area contributed by atoms with Gasteiger partial charge in [0.15, 0.2) is 11.5 Å². The van der Waals surface area contributed by atoms with Gasteiger partial charge in [0, 0.05) is 23.5 Å². The maximum absolute atomic E-state index is 12.8. The second kappa shape index (κ2) is 7.96. The number of carbonyl (C=O) groups excluding carboxylic acids is 1. The van der Waals surface area contributed by atoms with Crippen LogP contribution in [0.4, 0.5) is 11.4 Å². The minimum absolute atomic E-state index is 0.0451. The van der Waals surface area contributed by atoms with Gasteiger partial charge < -0.3 is 14.4 Å². The maximum Gasteiger partial charge on any atom is 0.294 e. The molecular formula is C19H19BrN2O5. The summed E-state index contributed by atoms with van der Waals surface area (Å²) in [4.78, 5) is 25.3. The number of methoxy groups -OCH3 is 2. The van der Waals surface area contributed by atoms with Crippen LogP contribution in [0.25, 0.3) is 0 Å². The Labute approximate surface area is 165 Å². The smallest absolute Gasteiger partial charge is 0.294 e. The van der Waals surface area contributed by atoms with Crippen LogP contribution in [0.3, 0.4) is 0 Å². The summed E-state index contributed by atoms with van der Waals surface area (Å²) >= 11 is 3.30. The molecule has 0 fully saturated rings. The van der Waals surface area contributed by atoms with Crippen molar-refractivity contribution in [2.75, 3.05) is 25.7 Å². The minimum Gasteiger partial charge on any atom is -0.493 e. The lowest BCUT2D eigenvalue weighted by Gasteiger charge is -2.17. The van der Waals surface area contributed by atoms with Crippen molar-refractivity contribution in [3.05, 3.63) is 56.0 Å². The van der Waals surface area contributed by atoms with E-state index in [1.165, 1.54) is 11.0 Å². The van der Waals surface area contributed by atoms with Gasteiger partial charge in [-0.15, -0.1) is 0 Å². The Morgan fingerprint density at radius 1 is 1.22 bits per heavy atom. The van der Waals surface area contributed by atoms with Gasteiger partial charge in [0.05, 0.1) is 19.1 Å². The number of carbonyl (C=O) groups is 1. The van der Waals surface area contributed by atoms with Crippen molar-refractivity contribution < 1.29 is 19.2 Å². The van der Waals surface area contributed by atoms with E-state index in [1.807, 2.05) is 18.2 Å².